The second kappa shape index (κ2) is 8.89. The van der Waals surface area contributed by atoms with E-state index in [1.807, 2.05) is 0 Å². The Kier molecular flexibility index (Phi) is 6.02. The van der Waals surface area contributed by atoms with E-state index in [2.05, 4.69) is 20.7 Å². The number of nitrogens with one attached hydrogen (secondary N) is 2. The fraction of sp³-hybridized carbons (Fsp3) is 0.318. The minimum absolute atomic E-state index is 0.0470. The number of fused-ring (bicyclic) bond motifs is 1. The van der Waals surface area contributed by atoms with Crippen molar-refractivity contribution in [1.82, 2.24) is 20.1 Å². The van der Waals surface area contributed by atoms with Gasteiger partial charge in [0.2, 0.25) is 0 Å². The van der Waals surface area contributed by atoms with Crippen LogP contribution >= 0.6 is 0 Å². The first kappa shape index (κ1) is 21.7. The number of halogens is 3. The third-order valence-corrected chi connectivity index (χ3v) is 5.21. The molecule has 32 heavy (non-hydrogen) atoms. The van der Waals surface area contributed by atoms with Gasteiger partial charge in [-0.1, -0.05) is 30.3 Å². The van der Waals surface area contributed by atoms with Crippen LogP contribution in [0.4, 0.5) is 19.0 Å². The van der Waals surface area contributed by atoms with E-state index in [9.17, 15) is 18.0 Å². The molecule has 10 heteroatoms. The summed E-state index contributed by atoms with van der Waals surface area (Å²) in [5, 5.41) is 9.66. The molecule has 3 atom stereocenters. The van der Waals surface area contributed by atoms with E-state index >= 15 is 0 Å². The molecule has 168 valence electrons. The number of amides is 1. The number of nitrogens with zero attached hydrogens (tertiary/aromatic N) is 3. The third kappa shape index (κ3) is 4.68. The minimum atomic E-state index is -4.50. The molecule has 0 aliphatic carbocycles. The SMILES string of the molecule is CC(CNC(=O)c1cnn2c1NC(c1ccccc1)CC2C(F)(F)F)Oc1cccnc1. The maximum absolute atomic E-state index is 13.8. The van der Waals surface area contributed by atoms with Crippen molar-refractivity contribution in [2.24, 2.45) is 0 Å². The lowest BCUT2D eigenvalue weighted by Gasteiger charge is -2.34. The van der Waals surface area contributed by atoms with E-state index < -0.39 is 24.2 Å². The first-order valence-electron chi connectivity index (χ1n) is 10.1. The molecular formula is C22H22F3N5O2. The minimum Gasteiger partial charge on any atom is -0.487 e. The zero-order valence-corrected chi connectivity index (χ0v) is 17.2. The highest BCUT2D eigenvalue weighted by atomic mass is 19.4. The molecule has 1 aliphatic heterocycles. The van der Waals surface area contributed by atoms with Crippen molar-refractivity contribution in [2.75, 3.05) is 11.9 Å². The summed E-state index contributed by atoms with van der Waals surface area (Å²) in [5.41, 5.74) is 0.757. The van der Waals surface area contributed by atoms with Gasteiger partial charge in [-0.2, -0.15) is 18.3 Å². The van der Waals surface area contributed by atoms with Crippen molar-refractivity contribution in [3.8, 4) is 5.75 Å². The zero-order chi connectivity index (χ0) is 22.7. The standard InChI is InChI=1S/C22H22F3N5O2/c1-14(32-16-8-5-9-26-12-16)11-27-21(31)17-13-28-30-19(22(23,24)25)10-18(29-20(17)30)15-6-3-2-4-7-15/h2-9,12-14,18-19,29H,10-11H2,1H3,(H,27,31). The highest BCUT2D eigenvalue weighted by Crippen LogP contribution is 2.44. The van der Waals surface area contributed by atoms with Gasteiger partial charge >= 0.3 is 6.18 Å². The van der Waals surface area contributed by atoms with Crippen LogP contribution in [0.5, 0.6) is 5.75 Å². The smallest absolute Gasteiger partial charge is 0.410 e. The first-order chi connectivity index (χ1) is 15.3. The van der Waals surface area contributed by atoms with Crippen LogP contribution in [0, 0.1) is 0 Å². The Bertz CT molecular complexity index is 1060. The molecule has 3 aromatic rings. The number of carbonyl (C=O) groups is 1. The predicted octanol–water partition coefficient (Wildman–Crippen LogP) is 4.14. The quantitative estimate of drug-likeness (QED) is 0.596. The van der Waals surface area contributed by atoms with Crippen LogP contribution in [-0.2, 0) is 0 Å². The number of rotatable bonds is 6. The lowest BCUT2D eigenvalue weighted by Crippen LogP contribution is -2.37. The van der Waals surface area contributed by atoms with E-state index in [0.717, 1.165) is 10.9 Å². The average Bonchev–Trinajstić information content (AvgIpc) is 3.21. The molecule has 0 spiro atoms. The Hall–Kier alpha value is -3.56. The molecule has 2 aromatic heterocycles. The van der Waals surface area contributed by atoms with Gasteiger partial charge in [0.05, 0.1) is 25.0 Å². The number of carbonyl (C=O) groups excluding carboxylic acids is 1. The molecule has 0 fully saturated rings. The van der Waals surface area contributed by atoms with Gasteiger partial charge in [-0.05, 0) is 24.6 Å². The molecule has 7 nitrogen and oxygen atoms in total. The number of anilines is 1. The second-order valence-electron chi connectivity index (χ2n) is 7.58. The van der Waals surface area contributed by atoms with E-state index in [0.29, 0.717) is 11.3 Å². The summed E-state index contributed by atoms with van der Waals surface area (Å²) in [6.07, 6.45) is -0.766. The largest absolute Gasteiger partial charge is 0.487 e. The molecular weight excluding hydrogens is 423 g/mol. The third-order valence-electron chi connectivity index (χ3n) is 5.21. The molecule has 0 radical (unpaired) electrons. The predicted molar refractivity (Wildman–Crippen MR) is 111 cm³/mol. The molecule has 4 rings (SSSR count). The lowest BCUT2D eigenvalue weighted by atomic mass is 9.96. The molecule has 0 bridgehead atoms. The fourth-order valence-electron chi connectivity index (χ4n) is 3.66. The number of benzene rings is 1. The van der Waals surface area contributed by atoms with Gasteiger partial charge < -0.3 is 15.4 Å². The van der Waals surface area contributed by atoms with Gasteiger partial charge in [-0.25, -0.2) is 4.68 Å². The van der Waals surface area contributed by atoms with Crippen LogP contribution in [0.15, 0.2) is 61.1 Å². The Labute approximate surface area is 182 Å². The van der Waals surface area contributed by atoms with Gasteiger partial charge in [-0.15, -0.1) is 0 Å². The van der Waals surface area contributed by atoms with Crippen LogP contribution in [-0.4, -0.2) is 39.5 Å². The van der Waals surface area contributed by atoms with Gasteiger partial charge in [0.1, 0.15) is 23.2 Å². The van der Waals surface area contributed by atoms with Gasteiger partial charge in [0.25, 0.3) is 5.91 Å². The normalized spacial score (nSPS) is 18.9. The molecule has 2 N–H and O–H groups in total. The van der Waals surface area contributed by atoms with Crippen LogP contribution in [0.3, 0.4) is 0 Å². The molecule has 0 saturated carbocycles. The van der Waals surface area contributed by atoms with Gasteiger partial charge in [0, 0.05) is 12.6 Å². The molecule has 3 unspecified atom stereocenters. The van der Waals surface area contributed by atoms with Crippen molar-refractivity contribution in [3.05, 3.63) is 72.2 Å². The number of aromatic nitrogens is 3. The van der Waals surface area contributed by atoms with E-state index in [1.54, 1.807) is 61.8 Å². The lowest BCUT2D eigenvalue weighted by molar-refractivity contribution is -0.173. The summed E-state index contributed by atoms with van der Waals surface area (Å²) < 4.78 is 47.8. The molecule has 1 amide bonds. The van der Waals surface area contributed by atoms with Crippen molar-refractivity contribution in [1.29, 1.82) is 0 Å². The van der Waals surface area contributed by atoms with Crippen LogP contribution < -0.4 is 15.4 Å². The first-order valence-corrected chi connectivity index (χ1v) is 10.1. The monoisotopic (exact) mass is 445 g/mol. The van der Waals surface area contributed by atoms with Crippen molar-refractivity contribution < 1.29 is 22.7 Å². The molecule has 1 aromatic carbocycles. The highest BCUT2D eigenvalue weighted by molar-refractivity contribution is 5.98. The van der Waals surface area contributed by atoms with Gasteiger partial charge in [-0.3, -0.25) is 9.78 Å². The van der Waals surface area contributed by atoms with Crippen LogP contribution in [0.25, 0.3) is 0 Å². The van der Waals surface area contributed by atoms with E-state index in [1.165, 1.54) is 0 Å². The average molecular weight is 445 g/mol. The summed E-state index contributed by atoms with van der Waals surface area (Å²) in [5.74, 6) is 0.0679. The number of hydrogen-bond acceptors (Lipinski definition) is 5. The van der Waals surface area contributed by atoms with Crippen LogP contribution in [0.1, 0.15) is 41.3 Å². The molecule has 1 aliphatic rings. The Balaban J connectivity index is 1.51. The van der Waals surface area contributed by atoms with Crippen molar-refractivity contribution >= 4 is 11.7 Å². The Morgan fingerprint density at radius 3 is 2.72 bits per heavy atom. The summed E-state index contributed by atoms with van der Waals surface area (Å²) >= 11 is 0. The highest BCUT2D eigenvalue weighted by Gasteiger charge is 2.47. The van der Waals surface area contributed by atoms with Gasteiger partial charge in [0.15, 0.2) is 6.04 Å². The fourth-order valence-corrected chi connectivity index (χ4v) is 3.66. The van der Waals surface area contributed by atoms with Crippen LogP contribution in [0.2, 0.25) is 0 Å². The number of ether oxygens (including phenoxy) is 1. The summed E-state index contributed by atoms with van der Waals surface area (Å²) in [4.78, 5) is 16.7. The van der Waals surface area contributed by atoms with E-state index in [-0.39, 0.29) is 30.5 Å². The zero-order valence-electron chi connectivity index (χ0n) is 17.2. The maximum atomic E-state index is 13.8. The second-order valence-corrected chi connectivity index (χ2v) is 7.58. The molecule has 0 saturated heterocycles. The van der Waals surface area contributed by atoms with Crippen molar-refractivity contribution in [2.45, 2.75) is 37.7 Å². The van der Waals surface area contributed by atoms with Crippen molar-refractivity contribution in [3.63, 3.8) is 0 Å². The summed E-state index contributed by atoms with van der Waals surface area (Å²) in [6.45, 7) is 1.92. The van der Waals surface area contributed by atoms with E-state index in [4.69, 9.17) is 4.74 Å². The Morgan fingerprint density at radius 2 is 2.03 bits per heavy atom. The molecule has 3 heterocycles. The number of hydrogen-bond donors (Lipinski definition) is 2. The topological polar surface area (TPSA) is 81.1 Å². The number of pyridine rings is 1. The number of alkyl halides is 3. The summed E-state index contributed by atoms with van der Waals surface area (Å²) in [7, 11) is 0. The maximum Gasteiger partial charge on any atom is 0.410 e. The summed E-state index contributed by atoms with van der Waals surface area (Å²) in [6, 6.07) is 9.88. The Morgan fingerprint density at radius 1 is 1.25 bits per heavy atom.